The predicted octanol–water partition coefficient (Wildman–Crippen LogP) is 3.44. The average Bonchev–Trinajstić information content (AvgIpc) is 3.06. The van der Waals surface area contributed by atoms with E-state index in [0.29, 0.717) is 32.4 Å². The van der Waals surface area contributed by atoms with Crippen molar-refractivity contribution >= 4 is 28.8 Å². The van der Waals surface area contributed by atoms with Crippen molar-refractivity contribution in [2.75, 3.05) is 0 Å². The van der Waals surface area contributed by atoms with Crippen molar-refractivity contribution in [3.05, 3.63) is 57.0 Å². The number of aromatic nitrogens is 2. The van der Waals surface area contributed by atoms with Gasteiger partial charge in [-0.2, -0.15) is 4.99 Å². The number of amides is 1. The van der Waals surface area contributed by atoms with E-state index < -0.39 is 5.91 Å². The number of rotatable bonds is 2. The van der Waals surface area contributed by atoms with E-state index in [2.05, 4.69) is 10.1 Å². The number of hydrogen-bond donors (Lipinski definition) is 0. The number of nitrogens with zero attached hydrogens (tertiary/aromatic N) is 3. The minimum Gasteiger partial charge on any atom is -0.360 e. The van der Waals surface area contributed by atoms with Crippen LogP contribution < -0.4 is 4.80 Å². The van der Waals surface area contributed by atoms with Crippen LogP contribution in [0.2, 0.25) is 5.02 Å². The molecule has 0 aliphatic carbocycles. The Hall–Kier alpha value is -2.18. The second kappa shape index (κ2) is 5.90. The van der Waals surface area contributed by atoms with Crippen LogP contribution in [-0.2, 0) is 7.05 Å². The normalized spacial score (nSPS) is 11.9. The molecule has 0 saturated heterocycles. The first kappa shape index (κ1) is 14.7. The summed E-state index contributed by atoms with van der Waals surface area (Å²) in [4.78, 5) is 17.3. The number of aryl methyl sites for hydroxylation is 2. The molecule has 0 spiro atoms. The van der Waals surface area contributed by atoms with Crippen LogP contribution in [0.25, 0.3) is 11.3 Å². The number of benzene rings is 1. The van der Waals surface area contributed by atoms with Crippen LogP contribution in [0.1, 0.15) is 16.1 Å². The molecule has 1 aromatic carbocycles. The quantitative estimate of drug-likeness (QED) is 0.721. The molecular weight excluding hydrogens is 322 g/mol. The Labute approximate surface area is 135 Å². The molecule has 0 atom stereocenters. The van der Waals surface area contributed by atoms with Gasteiger partial charge < -0.3 is 9.09 Å². The summed E-state index contributed by atoms with van der Waals surface area (Å²) in [5, 5.41) is 6.34. The van der Waals surface area contributed by atoms with Gasteiger partial charge in [0.2, 0.25) is 0 Å². The van der Waals surface area contributed by atoms with E-state index in [9.17, 15) is 4.79 Å². The van der Waals surface area contributed by atoms with Gasteiger partial charge in [-0.05, 0) is 13.0 Å². The SMILES string of the molecule is Cc1onc(-c2ccccc2Cl)c1C(=O)N=c1sccn1C. The monoisotopic (exact) mass is 333 g/mol. The van der Waals surface area contributed by atoms with Gasteiger partial charge in [0.1, 0.15) is 17.0 Å². The van der Waals surface area contributed by atoms with Crippen LogP contribution in [0.5, 0.6) is 0 Å². The van der Waals surface area contributed by atoms with Crippen LogP contribution in [0.3, 0.4) is 0 Å². The van der Waals surface area contributed by atoms with Gasteiger partial charge in [0.05, 0.1) is 5.02 Å². The molecule has 0 aliphatic heterocycles. The third-order valence-corrected chi connectivity index (χ3v) is 4.34. The highest BCUT2D eigenvalue weighted by molar-refractivity contribution is 7.07. The highest BCUT2D eigenvalue weighted by atomic mass is 35.5. The first-order valence-corrected chi connectivity index (χ1v) is 7.74. The summed E-state index contributed by atoms with van der Waals surface area (Å²) >= 11 is 7.57. The third kappa shape index (κ3) is 2.63. The van der Waals surface area contributed by atoms with Gasteiger partial charge in [-0.3, -0.25) is 4.79 Å². The summed E-state index contributed by atoms with van der Waals surface area (Å²) in [5.41, 5.74) is 1.40. The Balaban J connectivity index is 2.13. The third-order valence-electron chi connectivity index (χ3n) is 3.16. The van der Waals surface area contributed by atoms with E-state index in [1.807, 2.05) is 30.8 Å². The second-order valence-corrected chi connectivity index (χ2v) is 5.94. The van der Waals surface area contributed by atoms with Crippen LogP contribution in [0.15, 0.2) is 45.4 Å². The Kier molecular flexibility index (Phi) is 3.96. The molecule has 0 fully saturated rings. The van der Waals surface area contributed by atoms with E-state index in [4.69, 9.17) is 16.1 Å². The highest BCUT2D eigenvalue weighted by Gasteiger charge is 2.22. The van der Waals surface area contributed by atoms with E-state index >= 15 is 0 Å². The van der Waals surface area contributed by atoms with Gasteiger partial charge in [-0.25, -0.2) is 0 Å². The Morgan fingerprint density at radius 2 is 2.18 bits per heavy atom. The van der Waals surface area contributed by atoms with Gasteiger partial charge in [0.25, 0.3) is 5.91 Å². The largest absolute Gasteiger partial charge is 0.360 e. The number of carbonyl (C=O) groups excluding carboxylic acids is 1. The molecule has 2 aromatic heterocycles. The zero-order valence-corrected chi connectivity index (χ0v) is 13.5. The molecule has 22 heavy (non-hydrogen) atoms. The fraction of sp³-hybridized carbons (Fsp3) is 0.133. The first-order chi connectivity index (χ1) is 10.6. The summed E-state index contributed by atoms with van der Waals surface area (Å²) < 4.78 is 6.96. The predicted molar refractivity (Wildman–Crippen MR) is 84.9 cm³/mol. The van der Waals surface area contributed by atoms with Gasteiger partial charge in [0, 0.05) is 24.2 Å². The van der Waals surface area contributed by atoms with E-state index in [-0.39, 0.29) is 0 Å². The molecule has 3 aromatic rings. The van der Waals surface area contributed by atoms with E-state index in [0.717, 1.165) is 0 Å². The molecule has 2 heterocycles. The number of carbonyl (C=O) groups is 1. The van der Waals surface area contributed by atoms with Crippen molar-refractivity contribution < 1.29 is 9.32 Å². The lowest BCUT2D eigenvalue weighted by Gasteiger charge is -2.01. The van der Waals surface area contributed by atoms with Gasteiger partial charge >= 0.3 is 0 Å². The van der Waals surface area contributed by atoms with E-state index in [1.54, 1.807) is 23.6 Å². The number of thiazole rings is 1. The molecule has 7 heteroatoms. The smallest absolute Gasteiger partial charge is 0.285 e. The molecule has 5 nitrogen and oxygen atoms in total. The van der Waals surface area contributed by atoms with Crippen molar-refractivity contribution in [2.45, 2.75) is 6.92 Å². The van der Waals surface area contributed by atoms with Gasteiger partial charge in [0.15, 0.2) is 4.80 Å². The molecular formula is C15H12ClN3O2S. The van der Waals surface area contributed by atoms with Crippen molar-refractivity contribution in [3.8, 4) is 11.3 Å². The lowest BCUT2D eigenvalue weighted by atomic mass is 10.1. The van der Waals surface area contributed by atoms with Crippen molar-refractivity contribution in [2.24, 2.45) is 12.0 Å². The zero-order chi connectivity index (χ0) is 15.7. The van der Waals surface area contributed by atoms with Crippen molar-refractivity contribution in [3.63, 3.8) is 0 Å². The van der Waals surface area contributed by atoms with Crippen LogP contribution in [0.4, 0.5) is 0 Å². The lowest BCUT2D eigenvalue weighted by molar-refractivity contribution is 0.0997. The molecule has 0 bridgehead atoms. The molecule has 0 unspecified atom stereocenters. The highest BCUT2D eigenvalue weighted by Crippen LogP contribution is 2.31. The zero-order valence-electron chi connectivity index (χ0n) is 11.9. The van der Waals surface area contributed by atoms with Crippen molar-refractivity contribution in [1.82, 2.24) is 9.72 Å². The standard InChI is InChI=1S/C15H12ClN3O2S/c1-9-12(14(20)17-15-19(2)7-8-22-15)13(18-21-9)10-5-3-4-6-11(10)16/h3-8H,1-2H3. The van der Waals surface area contributed by atoms with Crippen molar-refractivity contribution in [1.29, 1.82) is 0 Å². The van der Waals surface area contributed by atoms with Gasteiger partial charge in [-0.1, -0.05) is 35.0 Å². The molecule has 0 N–H and O–H groups in total. The van der Waals surface area contributed by atoms with Crippen LogP contribution in [0, 0.1) is 6.92 Å². The molecule has 0 radical (unpaired) electrons. The number of hydrogen-bond acceptors (Lipinski definition) is 4. The molecule has 112 valence electrons. The maximum Gasteiger partial charge on any atom is 0.285 e. The molecule has 1 amide bonds. The maximum absolute atomic E-state index is 12.5. The molecule has 3 rings (SSSR count). The second-order valence-electron chi connectivity index (χ2n) is 4.66. The topological polar surface area (TPSA) is 60.4 Å². The fourth-order valence-electron chi connectivity index (χ4n) is 2.04. The number of halogens is 1. The lowest BCUT2D eigenvalue weighted by Crippen LogP contribution is -2.13. The Morgan fingerprint density at radius 1 is 1.41 bits per heavy atom. The Morgan fingerprint density at radius 3 is 2.86 bits per heavy atom. The summed E-state index contributed by atoms with van der Waals surface area (Å²) in [6.07, 6.45) is 1.84. The van der Waals surface area contributed by atoms with Crippen LogP contribution >= 0.6 is 22.9 Å². The summed E-state index contributed by atoms with van der Waals surface area (Å²) in [6.45, 7) is 1.69. The summed E-state index contributed by atoms with van der Waals surface area (Å²) in [6, 6.07) is 7.18. The van der Waals surface area contributed by atoms with E-state index in [1.165, 1.54) is 11.3 Å². The maximum atomic E-state index is 12.5. The van der Waals surface area contributed by atoms with Crippen LogP contribution in [-0.4, -0.2) is 15.6 Å². The first-order valence-electron chi connectivity index (χ1n) is 6.48. The molecule has 0 saturated carbocycles. The minimum atomic E-state index is -0.397. The summed E-state index contributed by atoms with van der Waals surface area (Å²) in [5.74, 6) is 0.0228. The average molecular weight is 334 g/mol. The Bertz CT molecular complexity index is 907. The minimum absolute atomic E-state index is 0.335. The summed E-state index contributed by atoms with van der Waals surface area (Å²) in [7, 11) is 1.83. The molecule has 0 aliphatic rings. The fourth-order valence-corrected chi connectivity index (χ4v) is 2.99. The van der Waals surface area contributed by atoms with Gasteiger partial charge in [-0.15, -0.1) is 11.3 Å².